The maximum absolute atomic E-state index is 10.9. The summed E-state index contributed by atoms with van der Waals surface area (Å²) >= 11 is 0. The predicted molar refractivity (Wildman–Crippen MR) is 54.6 cm³/mol. The standard InChI is InChI=1S/C10H14N2O/c1-11-6-3-2-4-9-8-10(13)5-7-12-9/h2,4-5,7-8,11H,3,6H2,1H3,(H,12,13). The zero-order chi connectivity index (χ0) is 9.52. The molecule has 1 aromatic rings. The highest BCUT2D eigenvalue weighted by Crippen LogP contribution is 1.93. The van der Waals surface area contributed by atoms with Crippen LogP contribution in [-0.2, 0) is 0 Å². The van der Waals surface area contributed by atoms with E-state index >= 15 is 0 Å². The minimum atomic E-state index is 0.0343. The Kier molecular flexibility index (Phi) is 3.99. The van der Waals surface area contributed by atoms with Crippen molar-refractivity contribution in [3.63, 3.8) is 0 Å². The number of rotatable bonds is 4. The largest absolute Gasteiger partial charge is 0.361 e. The van der Waals surface area contributed by atoms with E-state index in [0.29, 0.717) is 0 Å². The van der Waals surface area contributed by atoms with E-state index < -0.39 is 0 Å². The lowest BCUT2D eigenvalue weighted by molar-refractivity contribution is 0.809. The first-order valence-electron chi connectivity index (χ1n) is 4.33. The highest BCUT2D eigenvalue weighted by atomic mass is 16.1. The summed E-state index contributed by atoms with van der Waals surface area (Å²) in [5.41, 5.74) is 0.885. The number of aromatic nitrogens is 1. The Bertz CT molecular complexity index is 328. The van der Waals surface area contributed by atoms with Crippen molar-refractivity contribution >= 4 is 6.08 Å². The molecule has 70 valence electrons. The molecule has 13 heavy (non-hydrogen) atoms. The quantitative estimate of drug-likeness (QED) is 0.675. The van der Waals surface area contributed by atoms with Gasteiger partial charge in [-0.25, -0.2) is 0 Å². The highest BCUT2D eigenvalue weighted by molar-refractivity contribution is 5.43. The first-order valence-corrected chi connectivity index (χ1v) is 4.33. The normalized spacial score (nSPS) is 10.8. The molecule has 0 aromatic carbocycles. The van der Waals surface area contributed by atoms with Gasteiger partial charge in [0.25, 0.3) is 0 Å². The molecule has 0 aliphatic carbocycles. The van der Waals surface area contributed by atoms with Crippen LogP contribution in [0, 0.1) is 0 Å². The Labute approximate surface area is 77.5 Å². The lowest BCUT2D eigenvalue weighted by atomic mass is 10.3. The van der Waals surface area contributed by atoms with Gasteiger partial charge in [-0.2, -0.15) is 0 Å². The van der Waals surface area contributed by atoms with Crippen LogP contribution in [0.4, 0.5) is 0 Å². The van der Waals surface area contributed by atoms with Crippen LogP contribution in [0.1, 0.15) is 12.1 Å². The maximum atomic E-state index is 10.9. The van der Waals surface area contributed by atoms with Gasteiger partial charge >= 0.3 is 0 Å². The summed E-state index contributed by atoms with van der Waals surface area (Å²) in [6.07, 6.45) is 6.56. The minimum absolute atomic E-state index is 0.0343. The maximum Gasteiger partial charge on any atom is 0.182 e. The molecule has 0 aliphatic rings. The molecule has 1 aromatic heterocycles. The fourth-order valence-corrected chi connectivity index (χ4v) is 0.997. The molecule has 0 amide bonds. The number of H-pyrrole nitrogens is 1. The zero-order valence-corrected chi connectivity index (χ0v) is 7.71. The second-order valence-electron chi connectivity index (χ2n) is 2.77. The highest BCUT2D eigenvalue weighted by Gasteiger charge is 1.86. The third-order valence-corrected chi connectivity index (χ3v) is 1.65. The van der Waals surface area contributed by atoms with E-state index in [4.69, 9.17) is 0 Å². The van der Waals surface area contributed by atoms with Crippen LogP contribution in [0.3, 0.4) is 0 Å². The number of aromatic amines is 1. The van der Waals surface area contributed by atoms with Crippen molar-refractivity contribution in [1.29, 1.82) is 0 Å². The topological polar surface area (TPSA) is 44.9 Å². The van der Waals surface area contributed by atoms with Gasteiger partial charge in [0.1, 0.15) is 0 Å². The zero-order valence-electron chi connectivity index (χ0n) is 7.71. The van der Waals surface area contributed by atoms with E-state index in [1.807, 2.05) is 19.2 Å². The van der Waals surface area contributed by atoms with Crippen molar-refractivity contribution in [2.24, 2.45) is 0 Å². The smallest absolute Gasteiger partial charge is 0.182 e. The molecule has 0 atom stereocenters. The Morgan fingerprint density at radius 2 is 2.46 bits per heavy atom. The summed E-state index contributed by atoms with van der Waals surface area (Å²) < 4.78 is 0. The number of hydrogen-bond acceptors (Lipinski definition) is 2. The molecular weight excluding hydrogens is 164 g/mol. The van der Waals surface area contributed by atoms with Crippen LogP contribution in [0.25, 0.3) is 6.08 Å². The van der Waals surface area contributed by atoms with Gasteiger partial charge in [-0.1, -0.05) is 6.08 Å². The van der Waals surface area contributed by atoms with Gasteiger partial charge in [0.15, 0.2) is 5.43 Å². The van der Waals surface area contributed by atoms with Gasteiger partial charge in [0.2, 0.25) is 0 Å². The SMILES string of the molecule is CNCCC=Cc1cc(=O)cc[nH]1. The molecule has 3 heteroatoms. The molecule has 0 saturated heterocycles. The first kappa shape index (κ1) is 9.74. The third kappa shape index (κ3) is 3.71. The summed E-state index contributed by atoms with van der Waals surface area (Å²) in [5.74, 6) is 0. The van der Waals surface area contributed by atoms with Gasteiger partial charge in [0.05, 0.1) is 0 Å². The fraction of sp³-hybridized carbons (Fsp3) is 0.300. The molecule has 0 saturated carbocycles. The van der Waals surface area contributed by atoms with Gasteiger partial charge < -0.3 is 10.3 Å². The van der Waals surface area contributed by atoms with Gasteiger partial charge in [-0.15, -0.1) is 0 Å². The molecule has 0 aliphatic heterocycles. The van der Waals surface area contributed by atoms with E-state index in [1.165, 1.54) is 6.07 Å². The molecule has 1 rings (SSSR count). The lowest BCUT2D eigenvalue weighted by Gasteiger charge is -1.93. The van der Waals surface area contributed by atoms with Crippen molar-refractivity contribution in [2.75, 3.05) is 13.6 Å². The Balaban J connectivity index is 2.53. The van der Waals surface area contributed by atoms with Gasteiger partial charge in [-0.3, -0.25) is 4.79 Å². The second-order valence-corrected chi connectivity index (χ2v) is 2.77. The van der Waals surface area contributed by atoms with Crippen molar-refractivity contribution < 1.29 is 0 Å². The number of nitrogens with one attached hydrogen (secondary N) is 2. The average Bonchev–Trinajstić information content (AvgIpc) is 2.13. The van der Waals surface area contributed by atoms with E-state index in [-0.39, 0.29) is 5.43 Å². The number of pyridine rings is 1. The van der Waals surface area contributed by atoms with E-state index in [0.717, 1.165) is 18.7 Å². The van der Waals surface area contributed by atoms with Crippen LogP contribution in [0.5, 0.6) is 0 Å². The van der Waals surface area contributed by atoms with Crippen LogP contribution >= 0.6 is 0 Å². The summed E-state index contributed by atoms with van der Waals surface area (Å²) in [4.78, 5) is 13.9. The molecule has 3 nitrogen and oxygen atoms in total. The summed E-state index contributed by atoms with van der Waals surface area (Å²) in [6, 6.07) is 3.08. The average molecular weight is 178 g/mol. The third-order valence-electron chi connectivity index (χ3n) is 1.65. The van der Waals surface area contributed by atoms with Crippen LogP contribution < -0.4 is 10.7 Å². The van der Waals surface area contributed by atoms with Crippen molar-refractivity contribution in [1.82, 2.24) is 10.3 Å². The molecule has 1 heterocycles. The van der Waals surface area contributed by atoms with Gasteiger partial charge in [0, 0.05) is 24.0 Å². The van der Waals surface area contributed by atoms with E-state index in [9.17, 15) is 4.79 Å². The summed E-state index contributed by atoms with van der Waals surface area (Å²) in [5, 5.41) is 3.04. The Morgan fingerprint density at radius 1 is 1.62 bits per heavy atom. The van der Waals surface area contributed by atoms with Crippen LogP contribution in [0.2, 0.25) is 0 Å². The van der Waals surface area contributed by atoms with Gasteiger partial charge in [-0.05, 0) is 26.1 Å². The van der Waals surface area contributed by atoms with Crippen molar-refractivity contribution in [3.8, 4) is 0 Å². The summed E-state index contributed by atoms with van der Waals surface area (Å²) in [7, 11) is 1.91. The van der Waals surface area contributed by atoms with Crippen LogP contribution in [0.15, 0.2) is 29.2 Å². The monoisotopic (exact) mass is 178 g/mol. The minimum Gasteiger partial charge on any atom is -0.361 e. The molecule has 0 unspecified atom stereocenters. The second kappa shape index (κ2) is 5.32. The molecular formula is C10H14N2O. The van der Waals surface area contributed by atoms with E-state index in [2.05, 4.69) is 10.3 Å². The molecule has 0 spiro atoms. The molecule has 2 N–H and O–H groups in total. The lowest BCUT2D eigenvalue weighted by Crippen LogP contribution is -2.05. The molecule has 0 fully saturated rings. The van der Waals surface area contributed by atoms with Crippen molar-refractivity contribution in [2.45, 2.75) is 6.42 Å². The predicted octanol–water partition coefficient (Wildman–Crippen LogP) is 0.998. The fourth-order valence-electron chi connectivity index (χ4n) is 0.997. The van der Waals surface area contributed by atoms with E-state index in [1.54, 1.807) is 12.3 Å². The Morgan fingerprint density at radius 3 is 3.15 bits per heavy atom. The Hall–Kier alpha value is -1.35. The van der Waals surface area contributed by atoms with Crippen molar-refractivity contribution in [3.05, 3.63) is 40.3 Å². The van der Waals surface area contributed by atoms with Crippen LogP contribution in [-0.4, -0.2) is 18.6 Å². The molecule has 0 radical (unpaired) electrons. The molecule has 0 bridgehead atoms. The summed E-state index contributed by atoms with van der Waals surface area (Å²) in [6.45, 7) is 0.952. The number of hydrogen-bond donors (Lipinski definition) is 2. The first-order chi connectivity index (χ1) is 6.33.